The van der Waals surface area contributed by atoms with E-state index in [0.29, 0.717) is 6.54 Å². The van der Waals surface area contributed by atoms with E-state index in [1.807, 2.05) is 18.7 Å². The van der Waals surface area contributed by atoms with Gasteiger partial charge < -0.3 is 16.0 Å². The number of carbonyl (C=O) groups is 1. The Balaban J connectivity index is 4.35. The van der Waals surface area contributed by atoms with E-state index in [4.69, 9.17) is 5.73 Å². The van der Waals surface area contributed by atoms with Crippen LogP contribution in [0.3, 0.4) is 0 Å². The second-order valence-electron chi connectivity index (χ2n) is 4.75. The highest BCUT2D eigenvalue weighted by molar-refractivity contribution is 5.75. The van der Waals surface area contributed by atoms with E-state index in [1.54, 1.807) is 0 Å². The van der Waals surface area contributed by atoms with Crippen LogP contribution in [0.15, 0.2) is 0 Å². The largest absolute Gasteiger partial charge is 0.338 e. The summed E-state index contributed by atoms with van der Waals surface area (Å²) in [6.45, 7) is 10.2. The summed E-state index contributed by atoms with van der Waals surface area (Å²) in [5, 5.41) is 2.94. The van der Waals surface area contributed by atoms with Crippen molar-refractivity contribution in [2.75, 3.05) is 19.6 Å². The summed E-state index contributed by atoms with van der Waals surface area (Å²) in [5.41, 5.74) is 5.44. The van der Waals surface area contributed by atoms with E-state index < -0.39 is 0 Å². The van der Waals surface area contributed by atoms with Crippen molar-refractivity contribution < 1.29 is 4.79 Å². The number of nitrogens with two attached hydrogens (primary N) is 1. The van der Waals surface area contributed by atoms with E-state index in [0.717, 1.165) is 32.4 Å². The zero-order valence-corrected chi connectivity index (χ0v) is 11.2. The fraction of sp³-hybridized carbons (Fsp3) is 0.917. The van der Waals surface area contributed by atoms with Crippen LogP contribution >= 0.6 is 0 Å². The third kappa shape index (κ3) is 4.84. The van der Waals surface area contributed by atoms with Crippen LogP contribution in [0.25, 0.3) is 0 Å². The van der Waals surface area contributed by atoms with Crippen molar-refractivity contribution in [1.82, 2.24) is 10.2 Å². The summed E-state index contributed by atoms with van der Waals surface area (Å²) in [7, 11) is 0. The third-order valence-corrected chi connectivity index (χ3v) is 2.73. The van der Waals surface area contributed by atoms with Gasteiger partial charge in [-0.2, -0.15) is 0 Å². The van der Waals surface area contributed by atoms with Crippen LogP contribution in [0.2, 0.25) is 0 Å². The summed E-state index contributed by atoms with van der Waals surface area (Å²) >= 11 is 0. The number of rotatable bonds is 7. The van der Waals surface area contributed by atoms with Crippen molar-refractivity contribution in [3.05, 3.63) is 0 Å². The van der Waals surface area contributed by atoms with Gasteiger partial charge in [-0.05, 0) is 26.7 Å². The highest BCUT2D eigenvalue weighted by Crippen LogP contribution is 2.13. The van der Waals surface area contributed by atoms with Gasteiger partial charge in [0, 0.05) is 19.6 Å². The van der Waals surface area contributed by atoms with E-state index >= 15 is 0 Å². The molecule has 0 aromatic heterocycles. The molecule has 3 N–H and O–H groups in total. The lowest BCUT2D eigenvalue weighted by Gasteiger charge is -2.37. The van der Waals surface area contributed by atoms with Crippen molar-refractivity contribution in [1.29, 1.82) is 0 Å². The smallest absolute Gasteiger partial charge is 0.317 e. The lowest BCUT2D eigenvalue weighted by atomic mass is 10.0. The highest BCUT2D eigenvalue weighted by Gasteiger charge is 2.28. The van der Waals surface area contributed by atoms with Crippen molar-refractivity contribution in [3.63, 3.8) is 0 Å². The van der Waals surface area contributed by atoms with Gasteiger partial charge in [0.15, 0.2) is 0 Å². The molecule has 0 saturated heterocycles. The van der Waals surface area contributed by atoms with Crippen LogP contribution < -0.4 is 11.1 Å². The number of nitrogens with one attached hydrogen (secondary N) is 1. The molecule has 96 valence electrons. The van der Waals surface area contributed by atoms with E-state index in [2.05, 4.69) is 19.2 Å². The summed E-state index contributed by atoms with van der Waals surface area (Å²) < 4.78 is 0. The molecule has 0 radical (unpaired) electrons. The Morgan fingerprint density at radius 3 is 2.38 bits per heavy atom. The molecule has 0 aliphatic heterocycles. The Bertz CT molecular complexity index is 204. The molecule has 0 unspecified atom stereocenters. The molecule has 0 rings (SSSR count). The van der Waals surface area contributed by atoms with Crippen LogP contribution in [0.1, 0.15) is 47.0 Å². The number of urea groups is 1. The molecule has 4 heteroatoms. The first-order valence-corrected chi connectivity index (χ1v) is 6.25. The first-order valence-electron chi connectivity index (χ1n) is 6.25. The van der Waals surface area contributed by atoms with Gasteiger partial charge in [0.25, 0.3) is 0 Å². The van der Waals surface area contributed by atoms with Crippen molar-refractivity contribution >= 4 is 6.03 Å². The Kier molecular flexibility index (Phi) is 7.13. The van der Waals surface area contributed by atoms with Crippen LogP contribution in [-0.2, 0) is 0 Å². The molecule has 0 aromatic carbocycles. The number of nitrogens with zero attached hydrogens (tertiary/aromatic N) is 1. The lowest BCUT2D eigenvalue weighted by Crippen LogP contribution is -2.55. The van der Waals surface area contributed by atoms with Gasteiger partial charge in [-0.1, -0.05) is 20.3 Å². The molecule has 0 atom stereocenters. The molecule has 0 aliphatic rings. The molecule has 0 bridgehead atoms. The van der Waals surface area contributed by atoms with Gasteiger partial charge in [-0.25, -0.2) is 4.79 Å². The van der Waals surface area contributed by atoms with Crippen LogP contribution in [0.4, 0.5) is 4.79 Å². The Morgan fingerprint density at radius 2 is 1.94 bits per heavy atom. The summed E-state index contributed by atoms with van der Waals surface area (Å²) in [5.74, 6) is 0. The molecule has 16 heavy (non-hydrogen) atoms. The molecule has 2 amide bonds. The molecule has 0 heterocycles. The molecule has 0 aliphatic carbocycles. The number of carbonyl (C=O) groups excluding carboxylic acids is 1. The SMILES string of the molecule is CCCCNC(=O)N(CCC)C(C)(C)CN. The first-order chi connectivity index (χ1) is 7.49. The average Bonchev–Trinajstić information content (AvgIpc) is 2.25. The van der Waals surface area contributed by atoms with E-state index in [9.17, 15) is 4.79 Å². The van der Waals surface area contributed by atoms with Crippen molar-refractivity contribution in [2.45, 2.75) is 52.5 Å². The first kappa shape index (κ1) is 15.2. The fourth-order valence-corrected chi connectivity index (χ4v) is 1.48. The number of hydrogen-bond donors (Lipinski definition) is 2. The molecule has 0 aromatic rings. The molecule has 0 saturated carbocycles. The predicted octanol–water partition coefficient (Wildman–Crippen LogP) is 1.95. The molecule has 4 nitrogen and oxygen atoms in total. The monoisotopic (exact) mass is 229 g/mol. The van der Waals surface area contributed by atoms with Crippen LogP contribution in [0.5, 0.6) is 0 Å². The Hall–Kier alpha value is -0.770. The van der Waals surface area contributed by atoms with Gasteiger partial charge in [0.05, 0.1) is 5.54 Å². The average molecular weight is 229 g/mol. The van der Waals surface area contributed by atoms with Crippen LogP contribution in [-0.4, -0.2) is 36.1 Å². The summed E-state index contributed by atoms with van der Waals surface area (Å²) in [6, 6.07) is 0.00532. The Labute approximate surface area is 99.6 Å². The summed E-state index contributed by atoms with van der Waals surface area (Å²) in [4.78, 5) is 13.8. The minimum atomic E-state index is -0.272. The predicted molar refractivity (Wildman–Crippen MR) is 68.4 cm³/mol. The minimum absolute atomic E-state index is 0.00532. The third-order valence-electron chi connectivity index (χ3n) is 2.73. The normalized spacial score (nSPS) is 11.3. The highest BCUT2D eigenvalue weighted by atomic mass is 16.2. The van der Waals surface area contributed by atoms with E-state index in [-0.39, 0.29) is 11.6 Å². The quantitative estimate of drug-likeness (QED) is 0.655. The number of amides is 2. The zero-order valence-electron chi connectivity index (χ0n) is 11.2. The van der Waals surface area contributed by atoms with Gasteiger partial charge in [0.2, 0.25) is 0 Å². The molecular formula is C12H27N3O. The molecule has 0 fully saturated rings. The van der Waals surface area contributed by atoms with Gasteiger partial charge >= 0.3 is 6.03 Å². The zero-order chi connectivity index (χ0) is 12.6. The van der Waals surface area contributed by atoms with Gasteiger partial charge in [-0.3, -0.25) is 0 Å². The molecule has 0 spiro atoms. The van der Waals surface area contributed by atoms with Crippen LogP contribution in [0, 0.1) is 0 Å². The second-order valence-corrected chi connectivity index (χ2v) is 4.75. The maximum Gasteiger partial charge on any atom is 0.317 e. The maximum absolute atomic E-state index is 12.0. The maximum atomic E-state index is 12.0. The minimum Gasteiger partial charge on any atom is -0.338 e. The number of hydrogen-bond acceptors (Lipinski definition) is 2. The standard InChI is InChI=1S/C12H27N3O/c1-5-7-8-14-11(16)15(9-6-2)12(3,4)10-13/h5-10,13H2,1-4H3,(H,14,16). The van der Waals surface area contributed by atoms with Crippen molar-refractivity contribution in [3.8, 4) is 0 Å². The number of unbranched alkanes of at least 4 members (excludes halogenated alkanes) is 1. The second kappa shape index (κ2) is 7.49. The van der Waals surface area contributed by atoms with E-state index in [1.165, 1.54) is 0 Å². The van der Waals surface area contributed by atoms with Crippen molar-refractivity contribution in [2.24, 2.45) is 5.73 Å². The fourth-order valence-electron chi connectivity index (χ4n) is 1.48. The van der Waals surface area contributed by atoms with Gasteiger partial charge in [-0.15, -0.1) is 0 Å². The Morgan fingerprint density at radius 1 is 1.31 bits per heavy atom. The molecular weight excluding hydrogens is 202 g/mol. The van der Waals surface area contributed by atoms with Gasteiger partial charge in [0.1, 0.15) is 0 Å². The lowest BCUT2D eigenvalue weighted by molar-refractivity contribution is 0.139. The topological polar surface area (TPSA) is 58.4 Å². The summed E-state index contributed by atoms with van der Waals surface area (Å²) in [6.07, 6.45) is 3.06.